The number of methoxy groups -OCH3 is 1. The number of rotatable bonds is 14. The molecule has 1 aromatic carbocycles. The monoisotopic (exact) mass is 539 g/mol. The Labute approximate surface area is 229 Å². The number of ether oxygens (including phenoxy) is 2. The van der Waals surface area contributed by atoms with Gasteiger partial charge < -0.3 is 24.6 Å². The maximum Gasteiger partial charge on any atom is 0.223 e. The average molecular weight is 540 g/mol. The molecule has 0 radical (unpaired) electrons. The molecular weight excluding hydrogens is 498 g/mol. The molecule has 38 heavy (non-hydrogen) atoms. The molecule has 206 valence electrons. The van der Waals surface area contributed by atoms with Gasteiger partial charge in [0.15, 0.2) is 5.75 Å². The molecule has 0 spiro atoms. The molecular formula is C29H41N5O3S. The average Bonchev–Trinajstić information content (AvgIpc) is 3.45. The second-order valence-corrected chi connectivity index (χ2v) is 11.4. The third-order valence-corrected chi connectivity index (χ3v) is 7.90. The summed E-state index contributed by atoms with van der Waals surface area (Å²) in [5.74, 6) is 2.33. The van der Waals surface area contributed by atoms with Crippen molar-refractivity contribution in [3.8, 4) is 5.75 Å². The SMILES string of the molecule is CCN(CC1CCCC1)C1=C(CNc2ncc(OCCS(C)=O)cn2)N(Cc2ccccc2)C(OC)C=C1. The molecule has 4 rings (SSSR count). The quantitative estimate of drug-likeness (QED) is 0.378. The summed E-state index contributed by atoms with van der Waals surface area (Å²) in [6.07, 6.45) is 14.5. The predicted octanol–water partition coefficient (Wildman–Crippen LogP) is 4.41. The number of hydrogen-bond acceptors (Lipinski definition) is 8. The van der Waals surface area contributed by atoms with Crippen molar-refractivity contribution in [2.45, 2.75) is 45.4 Å². The van der Waals surface area contributed by atoms with Crippen molar-refractivity contribution >= 4 is 16.7 Å². The number of nitrogens with one attached hydrogen (secondary N) is 1. The minimum atomic E-state index is -0.890. The molecule has 0 saturated heterocycles. The number of likely N-dealkylation sites (N-methyl/N-ethyl adjacent to an activating group) is 1. The number of nitrogens with zero attached hydrogens (tertiary/aromatic N) is 4. The molecule has 8 nitrogen and oxygen atoms in total. The van der Waals surface area contributed by atoms with Gasteiger partial charge in [-0.1, -0.05) is 43.2 Å². The van der Waals surface area contributed by atoms with Crippen molar-refractivity contribution in [2.24, 2.45) is 5.92 Å². The van der Waals surface area contributed by atoms with E-state index in [1.54, 1.807) is 25.8 Å². The van der Waals surface area contributed by atoms with E-state index in [0.717, 1.165) is 31.2 Å². The van der Waals surface area contributed by atoms with Crippen LogP contribution < -0.4 is 10.1 Å². The van der Waals surface area contributed by atoms with Crippen molar-refractivity contribution in [2.75, 3.05) is 50.7 Å². The highest BCUT2D eigenvalue weighted by atomic mass is 32.2. The summed E-state index contributed by atoms with van der Waals surface area (Å²) < 4.78 is 22.8. The molecule has 0 amide bonds. The lowest BCUT2D eigenvalue weighted by Gasteiger charge is -2.40. The van der Waals surface area contributed by atoms with E-state index in [1.165, 1.54) is 36.9 Å². The number of benzene rings is 1. The fraction of sp³-hybridized carbons (Fsp3) is 0.517. The first kappa shape index (κ1) is 28.1. The Hall–Kier alpha value is -2.91. The van der Waals surface area contributed by atoms with Gasteiger partial charge in [-0.2, -0.15) is 0 Å². The molecule has 1 aliphatic heterocycles. The largest absolute Gasteiger partial charge is 0.489 e. The topological polar surface area (TPSA) is 79.8 Å². The second-order valence-electron chi connectivity index (χ2n) is 9.84. The van der Waals surface area contributed by atoms with Crippen LogP contribution in [-0.4, -0.2) is 75.6 Å². The zero-order valence-electron chi connectivity index (χ0n) is 22.8. The molecule has 1 aromatic heterocycles. The van der Waals surface area contributed by atoms with E-state index in [9.17, 15) is 4.21 Å². The zero-order chi connectivity index (χ0) is 26.7. The van der Waals surface area contributed by atoms with Crippen LogP contribution in [0.15, 0.2) is 66.3 Å². The van der Waals surface area contributed by atoms with Gasteiger partial charge in [0, 0.05) is 43.8 Å². The van der Waals surface area contributed by atoms with Gasteiger partial charge in [-0.3, -0.25) is 4.21 Å². The fourth-order valence-corrected chi connectivity index (χ4v) is 5.47. The van der Waals surface area contributed by atoms with Crippen molar-refractivity contribution in [1.82, 2.24) is 19.8 Å². The van der Waals surface area contributed by atoms with Crippen molar-refractivity contribution in [1.29, 1.82) is 0 Å². The van der Waals surface area contributed by atoms with Crippen LogP contribution in [0.4, 0.5) is 5.95 Å². The normalized spacial score (nSPS) is 18.6. The first-order chi connectivity index (χ1) is 18.6. The van der Waals surface area contributed by atoms with Gasteiger partial charge in [0.05, 0.1) is 42.7 Å². The van der Waals surface area contributed by atoms with E-state index >= 15 is 0 Å². The highest BCUT2D eigenvalue weighted by Gasteiger charge is 2.28. The standard InChI is InChI=1S/C29H41N5O3S/c1-4-33(21-23-12-8-9-13-23)26-14-15-28(36-2)34(22-24-10-6-5-7-11-24)27(26)20-32-29-30-18-25(19-31-29)37-16-17-38(3)35/h5-7,10-11,14-15,18-19,23,28H,4,8-9,12-13,16-17,20-22H2,1-3H3,(H,30,31,32). The molecule has 0 bridgehead atoms. The third-order valence-electron chi connectivity index (χ3n) is 7.16. The Bertz CT molecular complexity index is 1090. The Balaban J connectivity index is 1.56. The van der Waals surface area contributed by atoms with E-state index in [2.05, 4.69) is 68.4 Å². The number of allylic oxidation sites excluding steroid dienone is 1. The van der Waals surface area contributed by atoms with E-state index < -0.39 is 10.8 Å². The predicted molar refractivity (Wildman–Crippen MR) is 153 cm³/mol. The van der Waals surface area contributed by atoms with Gasteiger partial charge in [0.25, 0.3) is 0 Å². The third kappa shape index (κ3) is 7.80. The van der Waals surface area contributed by atoms with E-state index in [0.29, 0.717) is 30.6 Å². The summed E-state index contributed by atoms with van der Waals surface area (Å²) in [6, 6.07) is 10.5. The number of hydrogen-bond donors (Lipinski definition) is 1. The van der Waals surface area contributed by atoms with Crippen LogP contribution >= 0.6 is 0 Å². The molecule has 1 aliphatic carbocycles. The van der Waals surface area contributed by atoms with Crippen molar-refractivity contribution < 1.29 is 13.7 Å². The lowest BCUT2D eigenvalue weighted by molar-refractivity contribution is 0.0136. The first-order valence-electron chi connectivity index (χ1n) is 13.6. The van der Waals surface area contributed by atoms with Crippen LogP contribution in [0.3, 0.4) is 0 Å². The Morgan fingerprint density at radius 2 is 1.89 bits per heavy atom. The van der Waals surface area contributed by atoms with Gasteiger partial charge >= 0.3 is 0 Å². The van der Waals surface area contributed by atoms with E-state index in [-0.39, 0.29) is 6.23 Å². The lowest BCUT2D eigenvalue weighted by atomic mass is 10.0. The fourth-order valence-electron chi connectivity index (χ4n) is 5.15. The van der Waals surface area contributed by atoms with Crippen LogP contribution in [-0.2, 0) is 22.1 Å². The number of aromatic nitrogens is 2. The van der Waals surface area contributed by atoms with Crippen LogP contribution in [0.2, 0.25) is 0 Å². The lowest BCUT2D eigenvalue weighted by Crippen LogP contribution is -2.42. The van der Waals surface area contributed by atoms with Gasteiger partial charge in [0.2, 0.25) is 5.95 Å². The molecule has 1 fully saturated rings. The highest BCUT2D eigenvalue weighted by molar-refractivity contribution is 7.84. The first-order valence-corrected chi connectivity index (χ1v) is 15.3. The minimum Gasteiger partial charge on any atom is -0.489 e. The minimum absolute atomic E-state index is 0.165. The second kappa shape index (κ2) is 14.3. The van der Waals surface area contributed by atoms with E-state index in [1.807, 2.05) is 6.07 Å². The van der Waals surface area contributed by atoms with Crippen LogP contribution in [0.5, 0.6) is 5.75 Å². The van der Waals surface area contributed by atoms with Gasteiger partial charge in [0.1, 0.15) is 6.23 Å². The van der Waals surface area contributed by atoms with Gasteiger partial charge in [-0.25, -0.2) is 9.97 Å². The summed E-state index contributed by atoms with van der Waals surface area (Å²) in [7, 11) is 0.869. The Morgan fingerprint density at radius 1 is 1.16 bits per heavy atom. The molecule has 9 heteroatoms. The van der Waals surface area contributed by atoms with Crippen LogP contribution in [0, 0.1) is 5.92 Å². The van der Waals surface area contributed by atoms with E-state index in [4.69, 9.17) is 9.47 Å². The molecule has 2 aliphatic rings. The summed E-state index contributed by atoms with van der Waals surface area (Å²) >= 11 is 0. The Morgan fingerprint density at radius 3 is 2.55 bits per heavy atom. The number of anilines is 1. The molecule has 1 saturated carbocycles. The van der Waals surface area contributed by atoms with Crippen LogP contribution in [0.25, 0.3) is 0 Å². The smallest absolute Gasteiger partial charge is 0.223 e. The van der Waals surface area contributed by atoms with Gasteiger partial charge in [-0.15, -0.1) is 0 Å². The molecule has 2 atom stereocenters. The summed E-state index contributed by atoms with van der Waals surface area (Å²) in [5.41, 5.74) is 3.62. The highest BCUT2D eigenvalue weighted by Crippen LogP contribution is 2.31. The van der Waals surface area contributed by atoms with Crippen molar-refractivity contribution in [3.63, 3.8) is 0 Å². The molecule has 2 unspecified atom stereocenters. The Kier molecular flexibility index (Phi) is 10.6. The summed E-state index contributed by atoms with van der Waals surface area (Å²) in [5, 5.41) is 3.44. The zero-order valence-corrected chi connectivity index (χ0v) is 23.7. The summed E-state index contributed by atoms with van der Waals surface area (Å²) in [6.45, 7) is 5.92. The maximum absolute atomic E-state index is 11.3. The maximum atomic E-state index is 11.3. The summed E-state index contributed by atoms with van der Waals surface area (Å²) in [4.78, 5) is 13.8. The van der Waals surface area contributed by atoms with Crippen LogP contribution in [0.1, 0.15) is 38.2 Å². The molecule has 2 heterocycles. The molecule has 1 N–H and O–H groups in total. The van der Waals surface area contributed by atoms with Crippen molar-refractivity contribution in [3.05, 3.63) is 71.8 Å². The van der Waals surface area contributed by atoms with Gasteiger partial charge in [-0.05, 0) is 43.4 Å². The molecule has 2 aromatic rings.